The second-order valence-electron chi connectivity index (χ2n) is 3.59. The van der Waals surface area contributed by atoms with E-state index in [1.165, 1.54) is 4.88 Å². The predicted molar refractivity (Wildman–Crippen MR) is 69.5 cm³/mol. The number of nitrogens with zero attached hydrogens (tertiary/aromatic N) is 1. The Hall–Kier alpha value is -1.20. The monoisotopic (exact) mass is 267 g/mol. The average molecular weight is 267 g/mol. The molecule has 0 saturated carbocycles. The van der Waals surface area contributed by atoms with Gasteiger partial charge in [0.25, 0.3) is 0 Å². The molecule has 0 fully saturated rings. The molecule has 2 aromatic heterocycles. The summed E-state index contributed by atoms with van der Waals surface area (Å²) < 4.78 is 5.19. The van der Waals surface area contributed by atoms with Crippen LogP contribution in [0.25, 0.3) is 0 Å². The second-order valence-corrected chi connectivity index (χ2v) is 5.56. The van der Waals surface area contributed by atoms with Gasteiger partial charge >= 0.3 is 5.97 Å². The van der Waals surface area contributed by atoms with Crippen molar-refractivity contribution >= 4 is 28.6 Å². The summed E-state index contributed by atoms with van der Waals surface area (Å²) in [6.07, 6.45) is 1.13. The summed E-state index contributed by atoms with van der Waals surface area (Å²) in [5.41, 5.74) is 2.85. The molecule has 5 heteroatoms. The Morgan fingerprint density at radius 1 is 1.47 bits per heavy atom. The number of esters is 1. The lowest BCUT2D eigenvalue weighted by Crippen LogP contribution is -2.09. The van der Waals surface area contributed by atoms with Crippen LogP contribution in [0, 0.1) is 6.92 Å². The Morgan fingerprint density at radius 2 is 2.35 bits per heavy atom. The number of rotatable bonds is 5. The summed E-state index contributed by atoms with van der Waals surface area (Å²) in [4.78, 5) is 17.9. The second kappa shape index (κ2) is 5.93. The molecule has 0 atom stereocenters. The molecule has 0 amide bonds. The summed E-state index contributed by atoms with van der Waals surface area (Å²) >= 11 is 3.18. The summed E-state index contributed by atoms with van der Waals surface area (Å²) in [5, 5.41) is 1.96. The summed E-state index contributed by atoms with van der Waals surface area (Å²) in [6, 6.07) is 3.88. The van der Waals surface area contributed by atoms with Crippen LogP contribution in [0.5, 0.6) is 0 Å². The van der Waals surface area contributed by atoms with Crippen molar-refractivity contribution in [3.8, 4) is 0 Å². The van der Waals surface area contributed by atoms with Gasteiger partial charge in [0.05, 0.1) is 24.2 Å². The minimum absolute atomic E-state index is 0.158. The number of carbonyl (C=O) groups is 1. The number of aromatic nitrogens is 1. The van der Waals surface area contributed by atoms with Gasteiger partial charge in [0.2, 0.25) is 0 Å². The third kappa shape index (κ3) is 3.64. The molecule has 0 spiro atoms. The fourth-order valence-electron chi connectivity index (χ4n) is 1.43. The Bertz CT molecular complexity index is 476. The molecule has 90 valence electrons. The van der Waals surface area contributed by atoms with E-state index >= 15 is 0 Å². The molecule has 0 radical (unpaired) electrons. The fourth-order valence-corrected chi connectivity index (χ4v) is 2.88. The molecular weight excluding hydrogens is 254 g/mol. The SMILES string of the molecule is Cc1ncsc1CCOC(=O)Cc1cccs1. The van der Waals surface area contributed by atoms with Gasteiger partial charge in [-0.3, -0.25) is 4.79 Å². The standard InChI is InChI=1S/C12H13NO2S2/c1-9-11(17-8-13-9)4-5-15-12(14)7-10-3-2-6-16-10/h2-3,6,8H,4-5,7H2,1H3. The lowest BCUT2D eigenvalue weighted by Gasteiger charge is -2.03. The largest absolute Gasteiger partial charge is 0.465 e. The first-order valence-corrected chi connectivity index (χ1v) is 7.08. The molecular formula is C12H13NO2S2. The number of thiazole rings is 1. The lowest BCUT2D eigenvalue weighted by molar-refractivity contribution is -0.142. The highest BCUT2D eigenvalue weighted by atomic mass is 32.1. The molecule has 0 unspecified atom stereocenters. The molecule has 0 aromatic carbocycles. The van der Waals surface area contributed by atoms with E-state index in [2.05, 4.69) is 4.98 Å². The van der Waals surface area contributed by atoms with Crippen LogP contribution in [0.4, 0.5) is 0 Å². The maximum absolute atomic E-state index is 11.5. The van der Waals surface area contributed by atoms with Gasteiger partial charge in [-0.05, 0) is 18.4 Å². The van der Waals surface area contributed by atoms with Gasteiger partial charge in [0.1, 0.15) is 0 Å². The molecule has 0 aliphatic carbocycles. The molecule has 2 rings (SSSR count). The van der Waals surface area contributed by atoms with Gasteiger partial charge < -0.3 is 4.74 Å². The Morgan fingerprint density at radius 3 is 3.00 bits per heavy atom. The van der Waals surface area contributed by atoms with Crippen LogP contribution >= 0.6 is 22.7 Å². The number of thiophene rings is 1. The van der Waals surface area contributed by atoms with Crippen molar-refractivity contribution in [2.75, 3.05) is 6.61 Å². The Kier molecular flexibility index (Phi) is 4.28. The highest BCUT2D eigenvalue weighted by Gasteiger charge is 2.07. The van der Waals surface area contributed by atoms with Crippen molar-refractivity contribution in [1.82, 2.24) is 4.98 Å². The highest BCUT2D eigenvalue weighted by Crippen LogP contribution is 2.13. The summed E-state index contributed by atoms with van der Waals surface area (Å²) in [6.45, 7) is 2.41. The third-order valence-electron chi connectivity index (χ3n) is 2.34. The Balaban J connectivity index is 1.72. The number of ether oxygens (including phenoxy) is 1. The Labute approximate surface area is 108 Å². The van der Waals surface area contributed by atoms with Crippen molar-refractivity contribution < 1.29 is 9.53 Å². The zero-order valence-electron chi connectivity index (χ0n) is 9.51. The van der Waals surface area contributed by atoms with Crippen LogP contribution in [-0.2, 0) is 22.4 Å². The van der Waals surface area contributed by atoms with Gasteiger partial charge in [0, 0.05) is 16.2 Å². The van der Waals surface area contributed by atoms with Crippen LogP contribution in [0.3, 0.4) is 0 Å². The van der Waals surface area contributed by atoms with E-state index < -0.39 is 0 Å². The highest BCUT2D eigenvalue weighted by molar-refractivity contribution is 7.10. The third-order valence-corrected chi connectivity index (χ3v) is 4.21. The minimum Gasteiger partial charge on any atom is -0.465 e. The van der Waals surface area contributed by atoms with Crippen molar-refractivity contribution in [2.45, 2.75) is 19.8 Å². The van der Waals surface area contributed by atoms with Gasteiger partial charge in [-0.15, -0.1) is 22.7 Å². The number of carbonyl (C=O) groups excluding carboxylic acids is 1. The van der Waals surface area contributed by atoms with E-state index in [4.69, 9.17) is 4.74 Å². The lowest BCUT2D eigenvalue weighted by atomic mass is 10.3. The molecule has 17 heavy (non-hydrogen) atoms. The predicted octanol–water partition coefficient (Wildman–Crippen LogP) is 2.84. The minimum atomic E-state index is -0.158. The first-order valence-electron chi connectivity index (χ1n) is 5.32. The van der Waals surface area contributed by atoms with Crippen LogP contribution in [-0.4, -0.2) is 17.6 Å². The van der Waals surface area contributed by atoms with Gasteiger partial charge in [-0.25, -0.2) is 4.98 Å². The number of hydrogen-bond donors (Lipinski definition) is 0. The smallest absolute Gasteiger partial charge is 0.311 e. The van der Waals surface area contributed by atoms with E-state index in [1.807, 2.05) is 29.9 Å². The molecule has 0 aliphatic heterocycles. The van der Waals surface area contributed by atoms with E-state index in [9.17, 15) is 4.79 Å². The average Bonchev–Trinajstić information content (AvgIpc) is 2.91. The van der Waals surface area contributed by atoms with Gasteiger partial charge in [0.15, 0.2) is 0 Å². The number of hydrogen-bond acceptors (Lipinski definition) is 5. The summed E-state index contributed by atoms with van der Waals surface area (Å²) in [7, 11) is 0. The van der Waals surface area contributed by atoms with Crippen LogP contribution < -0.4 is 0 Å². The maximum Gasteiger partial charge on any atom is 0.311 e. The zero-order chi connectivity index (χ0) is 12.1. The zero-order valence-corrected chi connectivity index (χ0v) is 11.1. The molecule has 2 heterocycles. The maximum atomic E-state index is 11.5. The quantitative estimate of drug-likeness (QED) is 0.782. The van der Waals surface area contributed by atoms with Crippen LogP contribution in [0.15, 0.2) is 23.0 Å². The fraction of sp³-hybridized carbons (Fsp3) is 0.333. The van der Waals surface area contributed by atoms with Crippen molar-refractivity contribution in [3.05, 3.63) is 38.5 Å². The van der Waals surface area contributed by atoms with Crippen molar-refractivity contribution in [2.24, 2.45) is 0 Å². The molecule has 3 nitrogen and oxygen atoms in total. The summed E-state index contributed by atoms with van der Waals surface area (Å²) in [5.74, 6) is -0.158. The molecule has 0 bridgehead atoms. The van der Waals surface area contributed by atoms with Gasteiger partial charge in [-0.2, -0.15) is 0 Å². The number of aryl methyl sites for hydroxylation is 1. The molecule has 0 saturated heterocycles. The van der Waals surface area contributed by atoms with Gasteiger partial charge in [-0.1, -0.05) is 6.07 Å². The normalized spacial score (nSPS) is 10.4. The van der Waals surface area contributed by atoms with Crippen molar-refractivity contribution in [1.29, 1.82) is 0 Å². The first-order chi connectivity index (χ1) is 8.25. The van der Waals surface area contributed by atoms with Crippen molar-refractivity contribution in [3.63, 3.8) is 0 Å². The molecule has 2 aromatic rings. The van der Waals surface area contributed by atoms with Crippen LogP contribution in [0.1, 0.15) is 15.4 Å². The van der Waals surface area contributed by atoms with E-state index in [1.54, 1.807) is 22.7 Å². The van der Waals surface area contributed by atoms with E-state index in [0.29, 0.717) is 13.0 Å². The first kappa shape index (κ1) is 12.3. The van der Waals surface area contributed by atoms with E-state index in [0.717, 1.165) is 17.0 Å². The van der Waals surface area contributed by atoms with Crippen LogP contribution in [0.2, 0.25) is 0 Å². The topological polar surface area (TPSA) is 39.2 Å². The molecule has 0 N–H and O–H groups in total. The van der Waals surface area contributed by atoms with E-state index in [-0.39, 0.29) is 5.97 Å². The molecule has 0 aliphatic rings.